The molecule has 0 fully saturated rings. The van der Waals surface area contributed by atoms with Crippen molar-refractivity contribution in [1.29, 1.82) is 0 Å². The van der Waals surface area contributed by atoms with Crippen LogP contribution >= 0.6 is 22.6 Å². The number of alkyl halides is 3. The second-order valence-corrected chi connectivity index (χ2v) is 3.92. The Morgan fingerprint density at radius 2 is 2.12 bits per heavy atom. The average Bonchev–Trinajstić information content (AvgIpc) is 2.16. The van der Waals surface area contributed by atoms with Crippen LogP contribution in [0.2, 0.25) is 0 Å². The highest BCUT2D eigenvalue weighted by Crippen LogP contribution is 2.33. The highest BCUT2D eigenvalue weighted by molar-refractivity contribution is 14.1. The molecule has 0 aromatic carbocycles. The molecule has 3 nitrogen and oxygen atoms in total. The van der Waals surface area contributed by atoms with Crippen molar-refractivity contribution in [2.24, 2.45) is 0 Å². The number of rotatable bonds is 2. The molecule has 0 radical (unpaired) electrons. The first-order valence-corrected chi connectivity index (χ1v) is 5.33. The predicted molar refractivity (Wildman–Crippen MR) is 57.9 cm³/mol. The van der Waals surface area contributed by atoms with Crippen molar-refractivity contribution < 1.29 is 22.7 Å². The van der Waals surface area contributed by atoms with Crippen LogP contribution in [0.5, 0.6) is 0 Å². The fourth-order valence-corrected chi connectivity index (χ4v) is 1.73. The zero-order chi connectivity index (χ0) is 12.3. The fraction of sp³-hybridized carbons (Fsp3) is 0.333. The largest absolute Gasteiger partial charge is 0.462 e. The number of ether oxygens (including phenoxy) is 1. The Kier molecular flexibility index (Phi) is 4.11. The van der Waals surface area contributed by atoms with Crippen molar-refractivity contribution in [2.45, 2.75) is 13.1 Å². The van der Waals surface area contributed by atoms with E-state index in [1.807, 2.05) is 0 Å². The maximum absolute atomic E-state index is 12.6. The molecule has 0 bridgehead atoms. The molecule has 0 N–H and O–H groups in total. The second kappa shape index (κ2) is 4.98. The summed E-state index contributed by atoms with van der Waals surface area (Å²) in [7, 11) is 0. The lowest BCUT2D eigenvalue weighted by atomic mass is 10.1. The summed E-state index contributed by atoms with van der Waals surface area (Å²) in [6.07, 6.45) is -2.81. The maximum atomic E-state index is 12.6. The van der Waals surface area contributed by atoms with Gasteiger partial charge in [-0.25, -0.2) is 4.79 Å². The summed E-state index contributed by atoms with van der Waals surface area (Å²) in [6.45, 7) is 1.55. The smallest absolute Gasteiger partial charge is 0.418 e. The first kappa shape index (κ1) is 13.2. The van der Waals surface area contributed by atoms with Gasteiger partial charge in [0.05, 0.1) is 17.7 Å². The van der Waals surface area contributed by atoms with Gasteiger partial charge < -0.3 is 4.74 Å². The topological polar surface area (TPSA) is 39.2 Å². The number of aromatic nitrogens is 1. The van der Waals surface area contributed by atoms with Gasteiger partial charge in [-0.3, -0.25) is 4.98 Å². The Labute approximate surface area is 103 Å². The van der Waals surface area contributed by atoms with Gasteiger partial charge in [-0.2, -0.15) is 13.2 Å². The molecule has 0 amide bonds. The number of carbonyl (C=O) groups is 1. The minimum Gasteiger partial charge on any atom is -0.462 e. The summed E-state index contributed by atoms with van der Waals surface area (Å²) in [5, 5.41) is 0. The molecule has 0 saturated carbocycles. The third kappa shape index (κ3) is 2.83. The lowest BCUT2D eigenvalue weighted by Crippen LogP contribution is -2.17. The zero-order valence-electron chi connectivity index (χ0n) is 8.14. The number of carbonyl (C=O) groups excluding carboxylic acids is 1. The summed E-state index contributed by atoms with van der Waals surface area (Å²) in [6, 6.07) is 0. The monoisotopic (exact) mass is 345 g/mol. The van der Waals surface area contributed by atoms with Crippen LogP contribution in [0, 0.1) is 3.57 Å². The molecule has 16 heavy (non-hydrogen) atoms. The Bertz CT molecular complexity index is 406. The van der Waals surface area contributed by atoms with Gasteiger partial charge in [0.15, 0.2) is 0 Å². The lowest BCUT2D eigenvalue weighted by molar-refractivity contribution is -0.138. The molecule has 7 heteroatoms. The first-order chi connectivity index (χ1) is 7.38. The molecular weight excluding hydrogens is 338 g/mol. The van der Waals surface area contributed by atoms with Crippen LogP contribution in [0.25, 0.3) is 0 Å². The molecule has 0 atom stereocenters. The van der Waals surface area contributed by atoms with Crippen LogP contribution in [0.15, 0.2) is 12.4 Å². The highest BCUT2D eigenvalue weighted by atomic mass is 127. The molecule has 1 aromatic rings. The van der Waals surface area contributed by atoms with Crippen molar-refractivity contribution in [3.63, 3.8) is 0 Å². The molecule has 0 aliphatic rings. The standard InChI is InChI=1S/C9H7F3INO2/c1-2-16-8(15)7-5(9(10,11)12)3-14-4-6(7)13/h3-4H,2H2,1H3. The summed E-state index contributed by atoms with van der Waals surface area (Å²) >= 11 is 1.62. The minimum absolute atomic E-state index is 0.0224. The van der Waals surface area contributed by atoms with Crippen molar-refractivity contribution >= 4 is 28.6 Å². The molecular formula is C9H7F3INO2. The average molecular weight is 345 g/mol. The van der Waals surface area contributed by atoms with Crippen molar-refractivity contribution in [1.82, 2.24) is 4.98 Å². The normalized spacial score (nSPS) is 11.3. The summed E-state index contributed by atoms with van der Waals surface area (Å²) in [4.78, 5) is 14.8. The SMILES string of the molecule is CCOC(=O)c1c(I)cncc1C(F)(F)F. The van der Waals surface area contributed by atoms with E-state index < -0.39 is 23.3 Å². The van der Waals surface area contributed by atoms with Crippen LogP contribution in [-0.2, 0) is 10.9 Å². The number of pyridine rings is 1. The third-order valence-electron chi connectivity index (χ3n) is 1.68. The van der Waals surface area contributed by atoms with E-state index in [4.69, 9.17) is 0 Å². The maximum Gasteiger partial charge on any atom is 0.418 e. The van der Waals surface area contributed by atoms with Crippen molar-refractivity contribution in [2.75, 3.05) is 6.61 Å². The van der Waals surface area contributed by atoms with Crippen molar-refractivity contribution in [3.8, 4) is 0 Å². The molecule has 0 saturated heterocycles. The molecule has 0 spiro atoms. The predicted octanol–water partition coefficient (Wildman–Crippen LogP) is 2.88. The van der Waals surface area contributed by atoms with Gasteiger partial charge in [0.2, 0.25) is 0 Å². The van der Waals surface area contributed by atoms with E-state index in [9.17, 15) is 18.0 Å². The Morgan fingerprint density at radius 1 is 1.50 bits per heavy atom. The van der Waals surface area contributed by atoms with Gasteiger partial charge in [0.25, 0.3) is 0 Å². The first-order valence-electron chi connectivity index (χ1n) is 4.25. The number of hydrogen-bond donors (Lipinski definition) is 0. The highest BCUT2D eigenvalue weighted by Gasteiger charge is 2.37. The Morgan fingerprint density at radius 3 is 2.62 bits per heavy atom. The van der Waals surface area contributed by atoms with E-state index in [1.54, 1.807) is 22.6 Å². The third-order valence-corrected chi connectivity index (χ3v) is 2.50. The van der Waals surface area contributed by atoms with E-state index in [0.717, 1.165) is 0 Å². The molecule has 1 rings (SSSR count). The number of nitrogens with zero attached hydrogens (tertiary/aromatic N) is 1. The van der Waals surface area contributed by atoms with Crippen LogP contribution in [0.3, 0.4) is 0 Å². The fourth-order valence-electron chi connectivity index (χ4n) is 1.06. The van der Waals surface area contributed by atoms with E-state index in [1.165, 1.54) is 13.1 Å². The molecule has 0 aliphatic heterocycles. The molecule has 88 valence electrons. The summed E-state index contributed by atoms with van der Waals surface area (Å²) in [5.41, 5.74) is -1.55. The van der Waals surface area contributed by atoms with Gasteiger partial charge in [-0.15, -0.1) is 0 Å². The molecule has 1 aromatic heterocycles. The van der Waals surface area contributed by atoms with Crippen molar-refractivity contribution in [3.05, 3.63) is 27.1 Å². The van der Waals surface area contributed by atoms with E-state index in [0.29, 0.717) is 6.20 Å². The second-order valence-electron chi connectivity index (χ2n) is 2.76. The van der Waals surface area contributed by atoms with Crippen LogP contribution in [-0.4, -0.2) is 17.6 Å². The Hall–Kier alpha value is -0.860. The van der Waals surface area contributed by atoms with Crippen LogP contribution in [0.1, 0.15) is 22.8 Å². The number of esters is 1. The van der Waals surface area contributed by atoms with Crippen LogP contribution < -0.4 is 0 Å². The molecule has 0 unspecified atom stereocenters. The zero-order valence-corrected chi connectivity index (χ0v) is 10.3. The van der Waals surface area contributed by atoms with E-state index in [-0.39, 0.29) is 10.2 Å². The number of halogens is 4. The quantitative estimate of drug-likeness (QED) is 0.611. The molecule has 1 heterocycles. The minimum atomic E-state index is -4.61. The van der Waals surface area contributed by atoms with Gasteiger partial charge in [0, 0.05) is 16.0 Å². The van der Waals surface area contributed by atoms with Gasteiger partial charge >= 0.3 is 12.1 Å². The van der Waals surface area contributed by atoms with Crippen LogP contribution in [0.4, 0.5) is 13.2 Å². The van der Waals surface area contributed by atoms with Gasteiger partial charge in [-0.05, 0) is 29.5 Å². The van der Waals surface area contributed by atoms with E-state index >= 15 is 0 Å². The summed E-state index contributed by atoms with van der Waals surface area (Å²) in [5.74, 6) is -0.985. The molecule has 0 aliphatic carbocycles. The van der Waals surface area contributed by atoms with Gasteiger partial charge in [-0.1, -0.05) is 0 Å². The van der Waals surface area contributed by atoms with E-state index in [2.05, 4.69) is 9.72 Å². The number of hydrogen-bond acceptors (Lipinski definition) is 3. The Balaban J connectivity index is 3.30. The summed E-state index contributed by atoms with van der Waals surface area (Å²) < 4.78 is 42.4. The lowest BCUT2D eigenvalue weighted by Gasteiger charge is -2.12. The van der Waals surface area contributed by atoms with Gasteiger partial charge in [0.1, 0.15) is 0 Å².